The van der Waals surface area contributed by atoms with Crippen LogP contribution in [-0.2, 0) is 26.2 Å². The lowest BCUT2D eigenvalue weighted by Crippen LogP contribution is -2.52. The Balaban J connectivity index is 2.09. The van der Waals surface area contributed by atoms with Gasteiger partial charge in [0.25, 0.3) is 10.0 Å². The largest absolute Gasteiger partial charge is 0.495 e. The molecule has 3 aromatic carbocycles. The summed E-state index contributed by atoms with van der Waals surface area (Å²) in [5.74, 6) is -0.732. The Morgan fingerprint density at radius 3 is 2.15 bits per heavy atom. The van der Waals surface area contributed by atoms with Crippen LogP contribution in [0.25, 0.3) is 0 Å². The number of sulfonamides is 1. The van der Waals surface area contributed by atoms with Gasteiger partial charge in [-0.05, 0) is 75.2 Å². The van der Waals surface area contributed by atoms with Gasteiger partial charge in [0.2, 0.25) is 11.8 Å². The number of anilines is 1. The first-order chi connectivity index (χ1) is 19.4. The quantitative estimate of drug-likeness (QED) is 0.275. The fourth-order valence-electron chi connectivity index (χ4n) is 4.04. The van der Waals surface area contributed by atoms with Gasteiger partial charge in [-0.2, -0.15) is 0 Å². The number of nitrogens with zero attached hydrogens (tertiary/aromatic N) is 2. The van der Waals surface area contributed by atoms with Crippen LogP contribution in [0.5, 0.6) is 5.75 Å². The second-order valence-electron chi connectivity index (χ2n) is 9.78. The average molecular weight is 621 g/mol. The summed E-state index contributed by atoms with van der Waals surface area (Å²) in [6, 6.07) is 16.7. The molecule has 0 bridgehead atoms. The second-order valence-corrected chi connectivity index (χ2v) is 12.5. The van der Waals surface area contributed by atoms with Crippen molar-refractivity contribution in [3.05, 3.63) is 87.9 Å². The van der Waals surface area contributed by atoms with Crippen LogP contribution in [0.2, 0.25) is 10.0 Å². The van der Waals surface area contributed by atoms with Gasteiger partial charge in [0, 0.05) is 22.6 Å². The predicted octanol–water partition coefficient (Wildman–Crippen LogP) is 5.84. The smallest absolute Gasteiger partial charge is 0.264 e. The molecule has 0 aliphatic carbocycles. The molecule has 0 heterocycles. The van der Waals surface area contributed by atoms with Crippen molar-refractivity contribution in [2.75, 3.05) is 18.0 Å². The van der Waals surface area contributed by atoms with E-state index >= 15 is 0 Å². The minimum absolute atomic E-state index is 0.00950. The summed E-state index contributed by atoms with van der Waals surface area (Å²) in [5.41, 5.74) is 1.69. The zero-order valence-corrected chi connectivity index (χ0v) is 26.1. The van der Waals surface area contributed by atoms with Gasteiger partial charge in [0.1, 0.15) is 18.3 Å². The van der Waals surface area contributed by atoms with Gasteiger partial charge < -0.3 is 15.0 Å². The van der Waals surface area contributed by atoms with Gasteiger partial charge in [-0.3, -0.25) is 13.9 Å². The minimum atomic E-state index is -4.27. The van der Waals surface area contributed by atoms with Crippen LogP contribution < -0.4 is 14.4 Å². The summed E-state index contributed by atoms with van der Waals surface area (Å²) < 4.78 is 34.5. The Labute approximate surface area is 252 Å². The average Bonchev–Trinajstić information content (AvgIpc) is 2.95. The van der Waals surface area contributed by atoms with E-state index in [-0.39, 0.29) is 39.8 Å². The molecule has 11 heteroatoms. The number of ether oxygens (including phenoxy) is 1. The molecule has 41 heavy (non-hydrogen) atoms. The molecule has 0 aromatic heterocycles. The Kier molecular flexibility index (Phi) is 11.1. The van der Waals surface area contributed by atoms with Gasteiger partial charge in [-0.15, -0.1) is 0 Å². The fourth-order valence-corrected chi connectivity index (χ4v) is 5.75. The molecule has 0 spiro atoms. The van der Waals surface area contributed by atoms with Crippen molar-refractivity contribution in [3.8, 4) is 5.75 Å². The molecule has 2 atom stereocenters. The fraction of sp³-hybridized carbons (Fsp3) is 0.333. The number of carbonyl (C=O) groups is 2. The first-order valence-electron chi connectivity index (χ1n) is 13.1. The number of rotatable bonds is 12. The highest BCUT2D eigenvalue weighted by Crippen LogP contribution is 2.35. The number of benzene rings is 3. The van der Waals surface area contributed by atoms with E-state index in [0.717, 1.165) is 15.4 Å². The Hall–Kier alpha value is -3.27. The molecule has 2 amide bonds. The van der Waals surface area contributed by atoms with E-state index in [9.17, 15) is 18.0 Å². The maximum absolute atomic E-state index is 14.1. The van der Waals surface area contributed by atoms with Crippen molar-refractivity contribution in [1.29, 1.82) is 0 Å². The topological polar surface area (TPSA) is 96.0 Å². The number of aryl methyl sites for hydroxylation is 1. The molecule has 0 aliphatic heterocycles. The molecule has 0 unspecified atom stereocenters. The molecule has 8 nitrogen and oxygen atoms in total. The number of hydrogen-bond donors (Lipinski definition) is 1. The van der Waals surface area contributed by atoms with Crippen LogP contribution in [0, 0.1) is 6.92 Å². The highest BCUT2D eigenvalue weighted by atomic mass is 35.5. The van der Waals surface area contributed by atoms with Crippen LogP contribution in [0.4, 0.5) is 5.69 Å². The molecule has 0 radical (unpaired) electrons. The maximum Gasteiger partial charge on any atom is 0.264 e. The monoisotopic (exact) mass is 619 g/mol. The number of carbonyl (C=O) groups excluding carboxylic acids is 2. The molecule has 1 N–H and O–H groups in total. The molecule has 0 saturated heterocycles. The van der Waals surface area contributed by atoms with E-state index < -0.39 is 28.5 Å². The van der Waals surface area contributed by atoms with Crippen LogP contribution >= 0.6 is 23.2 Å². The number of methoxy groups -OCH3 is 1. The number of amides is 2. The van der Waals surface area contributed by atoms with E-state index in [1.807, 2.05) is 20.8 Å². The molecule has 3 aromatic rings. The lowest BCUT2D eigenvalue weighted by molar-refractivity contribution is -0.139. The van der Waals surface area contributed by atoms with Crippen LogP contribution in [0.15, 0.2) is 71.6 Å². The summed E-state index contributed by atoms with van der Waals surface area (Å²) in [6.45, 7) is 6.72. The van der Waals surface area contributed by atoms with Crippen molar-refractivity contribution in [3.63, 3.8) is 0 Å². The van der Waals surface area contributed by atoms with Crippen molar-refractivity contribution >= 4 is 50.7 Å². The predicted molar refractivity (Wildman–Crippen MR) is 163 cm³/mol. The Morgan fingerprint density at radius 1 is 0.951 bits per heavy atom. The molecular weight excluding hydrogens is 585 g/mol. The van der Waals surface area contributed by atoms with Crippen molar-refractivity contribution in [1.82, 2.24) is 10.2 Å². The SMILES string of the molecule is CC[C@@H](C)NC(=O)[C@@H](C)N(Cc1ccc(Cl)cc1)C(=O)CN(c1cc(Cl)ccc1OC)S(=O)(=O)c1ccc(C)cc1. The maximum atomic E-state index is 14.1. The van der Waals surface area contributed by atoms with Gasteiger partial charge in [0.05, 0.1) is 17.7 Å². The van der Waals surface area contributed by atoms with Crippen molar-refractivity contribution in [2.45, 2.75) is 57.6 Å². The molecule has 0 saturated carbocycles. The van der Waals surface area contributed by atoms with Crippen molar-refractivity contribution in [2.24, 2.45) is 0 Å². The number of nitrogens with one attached hydrogen (secondary N) is 1. The summed E-state index contributed by atoms with van der Waals surface area (Å²) in [5, 5.41) is 3.69. The van der Waals surface area contributed by atoms with E-state index in [2.05, 4.69) is 5.32 Å². The molecule has 3 rings (SSSR count). The van der Waals surface area contributed by atoms with Gasteiger partial charge >= 0.3 is 0 Å². The van der Waals surface area contributed by atoms with Crippen LogP contribution in [0.1, 0.15) is 38.3 Å². The molecular formula is C30H35Cl2N3O5S. The first-order valence-corrected chi connectivity index (χ1v) is 15.3. The molecule has 0 fully saturated rings. The summed E-state index contributed by atoms with van der Waals surface area (Å²) >= 11 is 12.3. The number of halogens is 2. The highest BCUT2D eigenvalue weighted by molar-refractivity contribution is 7.92. The number of hydrogen-bond acceptors (Lipinski definition) is 5. The standard InChI is InChI=1S/C30H35Cl2N3O5S/c1-6-21(3)33-30(37)22(4)34(18-23-9-11-24(31)12-10-23)29(36)19-35(27-17-25(32)13-16-28(27)40-5)41(38,39)26-14-7-20(2)8-15-26/h7-17,21-22H,6,18-19H2,1-5H3,(H,33,37)/t21-,22-/m1/s1. The van der Waals surface area contributed by atoms with Gasteiger partial charge in [-0.1, -0.05) is 60.0 Å². The third-order valence-electron chi connectivity index (χ3n) is 6.73. The van der Waals surface area contributed by atoms with Crippen molar-refractivity contribution < 1.29 is 22.7 Å². The van der Waals surface area contributed by atoms with E-state index in [1.54, 1.807) is 49.4 Å². The Morgan fingerprint density at radius 2 is 1.56 bits per heavy atom. The third-order valence-corrected chi connectivity index (χ3v) is 8.99. The normalized spacial score (nSPS) is 12.8. The second kappa shape index (κ2) is 14.1. The summed E-state index contributed by atoms with van der Waals surface area (Å²) in [6.07, 6.45) is 0.709. The van der Waals surface area contributed by atoms with Gasteiger partial charge in [-0.25, -0.2) is 8.42 Å². The zero-order valence-electron chi connectivity index (χ0n) is 23.7. The van der Waals surface area contributed by atoms with E-state index in [4.69, 9.17) is 27.9 Å². The molecule has 220 valence electrons. The zero-order chi connectivity index (χ0) is 30.3. The van der Waals surface area contributed by atoms with Gasteiger partial charge in [0.15, 0.2) is 0 Å². The Bertz CT molecular complexity index is 1460. The summed E-state index contributed by atoms with van der Waals surface area (Å²) in [4.78, 5) is 28.6. The lowest BCUT2D eigenvalue weighted by atomic mass is 10.1. The van der Waals surface area contributed by atoms with E-state index in [1.165, 1.54) is 36.3 Å². The van der Waals surface area contributed by atoms with E-state index in [0.29, 0.717) is 11.4 Å². The highest BCUT2D eigenvalue weighted by Gasteiger charge is 2.34. The lowest BCUT2D eigenvalue weighted by Gasteiger charge is -2.33. The van der Waals surface area contributed by atoms with Crippen LogP contribution in [0.3, 0.4) is 0 Å². The summed E-state index contributed by atoms with van der Waals surface area (Å²) in [7, 11) is -2.86. The first kappa shape index (κ1) is 32.2. The minimum Gasteiger partial charge on any atom is -0.495 e. The third kappa shape index (κ3) is 8.15. The molecule has 0 aliphatic rings. The van der Waals surface area contributed by atoms with Crippen LogP contribution in [-0.4, -0.2) is 50.9 Å².